The molecule has 1 aromatic rings. The fourth-order valence-electron chi connectivity index (χ4n) is 2.39. The van der Waals surface area contributed by atoms with Crippen LogP contribution in [0, 0.1) is 5.92 Å². The standard InChI is InChI=1S/C16H23NO5/c1-2-22-13-5-3-11(4-6-13)7-15(19)17-8-12-9-21-10-14(18)16(12)20/h3-6,12,14,16,18,20H,2,7-10H2,1H3,(H,17,19)/t12-,14-,16+/m1/s1. The van der Waals surface area contributed by atoms with E-state index >= 15 is 0 Å². The van der Waals surface area contributed by atoms with Crippen LogP contribution in [0.3, 0.4) is 0 Å². The minimum Gasteiger partial charge on any atom is -0.494 e. The molecular weight excluding hydrogens is 286 g/mol. The number of aliphatic hydroxyl groups is 2. The number of carbonyl (C=O) groups excluding carboxylic acids is 1. The summed E-state index contributed by atoms with van der Waals surface area (Å²) in [5.41, 5.74) is 0.890. The van der Waals surface area contributed by atoms with Crippen LogP contribution in [0.4, 0.5) is 0 Å². The van der Waals surface area contributed by atoms with E-state index in [1.807, 2.05) is 31.2 Å². The van der Waals surface area contributed by atoms with E-state index in [4.69, 9.17) is 9.47 Å². The first-order valence-electron chi connectivity index (χ1n) is 7.52. The van der Waals surface area contributed by atoms with Crippen molar-refractivity contribution in [1.82, 2.24) is 5.32 Å². The first kappa shape index (κ1) is 16.7. The molecule has 1 aliphatic rings. The van der Waals surface area contributed by atoms with Crippen LogP contribution in [0.25, 0.3) is 0 Å². The predicted octanol–water partition coefficient (Wildman–Crippen LogP) is 0.112. The number of nitrogens with one attached hydrogen (secondary N) is 1. The van der Waals surface area contributed by atoms with Crippen molar-refractivity contribution in [2.45, 2.75) is 25.6 Å². The first-order chi connectivity index (χ1) is 10.6. The Balaban J connectivity index is 1.77. The van der Waals surface area contributed by atoms with Crippen LogP contribution in [0.15, 0.2) is 24.3 Å². The van der Waals surface area contributed by atoms with E-state index in [1.54, 1.807) is 0 Å². The molecule has 1 amide bonds. The molecule has 6 heteroatoms. The molecule has 0 radical (unpaired) electrons. The van der Waals surface area contributed by atoms with Crippen molar-refractivity contribution in [3.05, 3.63) is 29.8 Å². The number of ether oxygens (including phenoxy) is 2. The quantitative estimate of drug-likeness (QED) is 0.694. The molecule has 0 saturated carbocycles. The van der Waals surface area contributed by atoms with Gasteiger partial charge in [0.2, 0.25) is 5.91 Å². The molecular formula is C16H23NO5. The fraction of sp³-hybridized carbons (Fsp3) is 0.562. The Hall–Kier alpha value is -1.63. The molecule has 122 valence electrons. The number of hydrogen-bond acceptors (Lipinski definition) is 5. The lowest BCUT2D eigenvalue weighted by atomic mass is 9.96. The van der Waals surface area contributed by atoms with Crippen molar-refractivity contribution in [2.75, 3.05) is 26.4 Å². The molecule has 0 aliphatic carbocycles. The van der Waals surface area contributed by atoms with Crippen LogP contribution < -0.4 is 10.1 Å². The molecule has 0 spiro atoms. The van der Waals surface area contributed by atoms with Gasteiger partial charge in [-0.1, -0.05) is 12.1 Å². The molecule has 6 nitrogen and oxygen atoms in total. The summed E-state index contributed by atoms with van der Waals surface area (Å²) in [5.74, 6) is 0.368. The Kier molecular flexibility index (Phi) is 6.18. The maximum absolute atomic E-state index is 11.9. The van der Waals surface area contributed by atoms with Crippen molar-refractivity contribution in [3.63, 3.8) is 0 Å². The largest absolute Gasteiger partial charge is 0.494 e. The van der Waals surface area contributed by atoms with Gasteiger partial charge >= 0.3 is 0 Å². The van der Waals surface area contributed by atoms with Crippen LogP contribution in [-0.4, -0.2) is 54.7 Å². The lowest BCUT2D eigenvalue weighted by Crippen LogP contribution is -2.48. The van der Waals surface area contributed by atoms with E-state index in [9.17, 15) is 15.0 Å². The Morgan fingerprint density at radius 3 is 2.73 bits per heavy atom. The summed E-state index contributed by atoms with van der Waals surface area (Å²) in [6.45, 7) is 3.28. The molecule has 1 aromatic carbocycles. The second-order valence-electron chi connectivity index (χ2n) is 5.41. The molecule has 3 N–H and O–H groups in total. The van der Waals surface area contributed by atoms with Crippen molar-refractivity contribution >= 4 is 5.91 Å². The summed E-state index contributed by atoms with van der Waals surface area (Å²) in [6, 6.07) is 7.38. The van der Waals surface area contributed by atoms with Gasteiger partial charge in [-0.25, -0.2) is 0 Å². The monoisotopic (exact) mass is 309 g/mol. The summed E-state index contributed by atoms with van der Waals surface area (Å²) >= 11 is 0. The molecule has 1 saturated heterocycles. The smallest absolute Gasteiger partial charge is 0.224 e. The third kappa shape index (κ3) is 4.69. The molecule has 0 bridgehead atoms. The van der Waals surface area contributed by atoms with Crippen LogP contribution >= 0.6 is 0 Å². The van der Waals surface area contributed by atoms with E-state index < -0.39 is 12.2 Å². The number of amides is 1. The number of carbonyl (C=O) groups is 1. The Morgan fingerprint density at radius 2 is 2.05 bits per heavy atom. The highest BCUT2D eigenvalue weighted by atomic mass is 16.5. The van der Waals surface area contributed by atoms with Crippen LogP contribution in [-0.2, 0) is 16.0 Å². The van der Waals surface area contributed by atoms with E-state index in [2.05, 4.69) is 5.32 Å². The zero-order valence-electron chi connectivity index (χ0n) is 12.7. The Morgan fingerprint density at radius 1 is 1.32 bits per heavy atom. The molecule has 1 aliphatic heterocycles. The van der Waals surface area contributed by atoms with E-state index in [0.29, 0.717) is 13.2 Å². The van der Waals surface area contributed by atoms with Gasteiger partial charge in [-0.15, -0.1) is 0 Å². The average Bonchev–Trinajstić information content (AvgIpc) is 2.51. The molecule has 0 aromatic heterocycles. The van der Waals surface area contributed by atoms with Crippen molar-refractivity contribution in [2.24, 2.45) is 5.92 Å². The van der Waals surface area contributed by atoms with E-state index in [0.717, 1.165) is 11.3 Å². The number of hydrogen-bond donors (Lipinski definition) is 3. The van der Waals surface area contributed by atoms with Gasteiger partial charge in [0.05, 0.1) is 32.3 Å². The van der Waals surface area contributed by atoms with Crippen LogP contribution in [0.2, 0.25) is 0 Å². The highest BCUT2D eigenvalue weighted by Crippen LogP contribution is 2.15. The second-order valence-corrected chi connectivity index (χ2v) is 5.41. The van der Waals surface area contributed by atoms with Crippen molar-refractivity contribution in [3.8, 4) is 5.75 Å². The van der Waals surface area contributed by atoms with Gasteiger partial charge < -0.3 is 25.0 Å². The third-order valence-corrected chi connectivity index (χ3v) is 3.66. The van der Waals surface area contributed by atoms with E-state index in [1.165, 1.54) is 0 Å². The summed E-state index contributed by atoms with van der Waals surface area (Å²) < 4.78 is 10.5. The highest BCUT2D eigenvalue weighted by molar-refractivity contribution is 5.78. The fourth-order valence-corrected chi connectivity index (χ4v) is 2.39. The van der Waals surface area contributed by atoms with Gasteiger partial charge in [-0.2, -0.15) is 0 Å². The molecule has 1 fully saturated rings. The van der Waals surface area contributed by atoms with Gasteiger partial charge in [-0.3, -0.25) is 4.79 Å². The summed E-state index contributed by atoms with van der Waals surface area (Å²) in [6.07, 6.45) is -1.49. The minimum atomic E-state index is -0.887. The zero-order valence-corrected chi connectivity index (χ0v) is 12.7. The normalized spacial score (nSPS) is 24.8. The van der Waals surface area contributed by atoms with Crippen molar-refractivity contribution < 1.29 is 24.5 Å². The molecule has 22 heavy (non-hydrogen) atoms. The zero-order chi connectivity index (χ0) is 15.9. The third-order valence-electron chi connectivity index (χ3n) is 3.66. The second kappa shape index (κ2) is 8.12. The molecule has 1 heterocycles. The first-order valence-corrected chi connectivity index (χ1v) is 7.52. The van der Waals surface area contributed by atoms with Gasteiger partial charge in [0.15, 0.2) is 0 Å². The maximum Gasteiger partial charge on any atom is 0.224 e. The lowest BCUT2D eigenvalue weighted by molar-refractivity contribution is -0.127. The number of rotatable bonds is 6. The van der Waals surface area contributed by atoms with Crippen LogP contribution in [0.5, 0.6) is 5.75 Å². The minimum absolute atomic E-state index is 0.128. The van der Waals surface area contributed by atoms with Gasteiger partial charge in [-0.05, 0) is 24.6 Å². The maximum atomic E-state index is 11.9. The van der Waals surface area contributed by atoms with Crippen LogP contribution in [0.1, 0.15) is 12.5 Å². The summed E-state index contributed by atoms with van der Waals surface area (Å²) in [7, 11) is 0. The van der Waals surface area contributed by atoms with Gasteiger partial charge in [0.1, 0.15) is 11.9 Å². The Labute approximate surface area is 130 Å². The summed E-state index contributed by atoms with van der Waals surface area (Å²) in [4.78, 5) is 11.9. The molecule has 3 atom stereocenters. The van der Waals surface area contributed by atoms with Crippen molar-refractivity contribution in [1.29, 1.82) is 0 Å². The number of benzene rings is 1. The number of aliphatic hydroxyl groups excluding tert-OH is 2. The highest BCUT2D eigenvalue weighted by Gasteiger charge is 2.31. The topological polar surface area (TPSA) is 88.0 Å². The lowest BCUT2D eigenvalue weighted by Gasteiger charge is -2.31. The predicted molar refractivity (Wildman–Crippen MR) is 80.6 cm³/mol. The Bertz CT molecular complexity index is 476. The molecule has 2 rings (SSSR count). The van der Waals surface area contributed by atoms with E-state index in [-0.39, 0.29) is 31.4 Å². The average molecular weight is 309 g/mol. The van der Waals surface area contributed by atoms with Gasteiger partial charge in [0, 0.05) is 12.5 Å². The SMILES string of the molecule is CCOc1ccc(CC(=O)NC[C@@H]2COC[C@@H](O)[C@H]2O)cc1. The summed E-state index contributed by atoms with van der Waals surface area (Å²) in [5, 5.41) is 22.1. The molecule has 0 unspecified atom stereocenters. The van der Waals surface area contributed by atoms with Gasteiger partial charge in [0.25, 0.3) is 0 Å².